The third-order valence-corrected chi connectivity index (χ3v) is 2.78. The molecule has 0 bridgehead atoms. The third kappa shape index (κ3) is 3.83. The van der Waals surface area contributed by atoms with Crippen LogP contribution < -0.4 is 0 Å². The molecule has 0 fully saturated rings. The van der Waals surface area contributed by atoms with Crippen LogP contribution in [0.15, 0.2) is 48.8 Å². The Morgan fingerprint density at radius 2 is 1.95 bits per heavy atom. The fourth-order valence-electron chi connectivity index (χ4n) is 1.67. The van der Waals surface area contributed by atoms with Crippen LogP contribution in [0.1, 0.15) is 18.9 Å². The van der Waals surface area contributed by atoms with Gasteiger partial charge in [0.05, 0.1) is 6.61 Å². The maximum absolute atomic E-state index is 13.0. The molecule has 2 nitrogen and oxygen atoms in total. The number of halogens is 2. The maximum Gasteiger partial charge on any atom is 0.355 e. The van der Waals surface area contributed by atoms with E-state index in [0.29, 0.717) is 0 Å². The summed E-state index contributed by atoms with van der Waals surface area (Å²) in [6.45, 7) is 1.29. The molecule has 0 aliphatic rings. The number of rotatable bonds is 5. The summed E-state index contributed by atoms with van der Waals surface area (Å²) in [6, 6.07) is 11.1. The molecule has 1 heterocycles. The van der Waals surface area contributed by atoms with E-state index in [1.165, 1.54) is 6.92 Å². The van der Waals surface area contributed by atoms with E-state index in [2.05, 4.69) is 9.72 Å². The maximum atomic E-state index is 13.0. The van der Waals surface area contributed by atoms with E-state index in [9.17, 15) is 8.78 Å². The third-order valence-electron chi connectivity index (χ3n) is 2.78. The van der Waals surface area contributed by atoms with Gasteiger partial charge in [-0.25, -0.2) is 0 Å². The van der Waals surface area contributed by atoms with Gasteiger partial charge in [0.15, 0.2) is 0 Å². The molecule has 0 amide bonds. The molecule has 4 heteroatoms. The van der Waals surface area contributed by atoms with E-state index >= 15 is 0 Å². The minimum Gasteiger partial charge on any atom is -0.316 e. The molecule has 2 rings (SSSR count). The van der Waals surface area contributed by atoms with E-state index in [1.54, 1.807) is 18.5 Å². The smallest absolute Gasteiger partial charge is 0.316 e. The Balaban J connectivity index is 2.12. The van der Waals surface area contributed by atoms with Crippen molar-refractivity contribution < 1.29 is 13.5 Å². The zero-order valence-corrected chi connectivity index (χ0v) is 10.6. The predicted octanol–water partition coefficient (Wildman–Crippen LogP) is 4.27. The van der Waals surface area contributed by atoms with Gasteiger partial charge < -0.3 is 4.74 Å². The highest BCUT2D eigenvalue weighted by molar-refractivity contribution is 5.62. The SMILES string of the molecule is CCC(F)(F)OCc1cccc(-c2cccnc2)c1. The highest BCUT2D eigenvalue weighted by atomic mass is 19.3. The molecule has 0 saturated carbocycles. The first-order valence-corrected chi connectivity index (χ1v) is 6.12. The van der Waals surface area contributed by atoms with Crippen molar-refractivity contribution in [2.45, 2.75) is 26.1 Å². The quantitative estimate of drug-likeness (QED) is 0.803. The molecule has 0 unspecified atom stereocenters. The number of benzene rings is 1. The van der Waals surface area contributed by atoms with Crippen molar-refractivity contribution >= 4 is 0 Å². The largest absolute Gasteiger partial charge is 0.355 e. The van der Waals surface area contributed by atoms with Crippen LogP contribution in [0.25, 0.3) is 11.1 Å². The van der Waals surface area contributed by atoms with Crippen LogP contribution in [0.4, 0.5) is 8.78 Å². The second-order valence-electron chi connectivity index (χ2n) is 4.22. The van der Waals surface area contributed by atoms with Crippen LogP contribution in [0, 0.1) is 0 Å². The van der Waals surface area contributed by atoms with E-state index in [0.717, 1.165) is 16.7 Å². The lowest BCUT2D eigenvalue weighted by Gasteiger charge is -2.15. The lowest BCUT2D eigenvalue weighted by Crippen LogP contribution is -2.18. The Morgan fingerprint density at radius 1 is 1.16 bits per heavy atom. The molecule has 100 valence electrons. The van der Waals surface area contributed by atoms with Gasteiger partial charge in [-0.1, -0.05) is 31.2 Å². The van der Waals surface area contributed by atoms with Gasteiger partial charge in [0.2, 0.25) is 0 Å². The fraction of sp³-hybridized carbons (Fsp3) is 0.267. The molecular formula is C15H15F2NO. The van der Waals surface area contributed by atoms with Crippen LogP contribution in [0.2, 0.25) is 0 Å². The van der Waals surface area contributed by atoms with Crippen molar-refractivity contribution in [3.63, 3.8) is 0 Å². The number of aromatic nitrogens is 1. The van der Waals surface area contributed by atoms with Crippen molar-refractivity contribution in [2.75, 3.05) is 0 Å². The molecule has 0 saturated heterocycles. The molecule has 0 N–H and O–H groups in total. The average molecular weight is 263 g/mol. The van der Waals surface area contributed by atoms with Gasteiger partial charge in [0.1, 0.15) is 0 Å². The zero-order chi connectivity index (χ0) is 13.7. The molecule has 0 radical (unpaired) electrons. The second kappa shape index (κ2) is 5.89. The molecule has 0 atom stereocenters. The van der Waals surface area contributed by atoms with Crippen LogP contribution in [-0.4, -0.2) is 11.1 Å². The summed E-state index contributed by atoms with van der Waals surface area (Å²) < 4.78 is 30.7. The predicted molar refractivity (Wildman–Crippen MR) is 69.7 cm³/mol. The van der Waals surface area contributed by atoms with E-state index in [1.807, 2.05) is 30.3 Å². The molecule has 0 aliphatic carbocycles. The highest BCUT2D eigenvalue weighted by Gasteiger charge is 2.26. The minimum absolute atomic E-state index is 0.102. The number of nitrogens with zero attached hydrogens (tertiary/aromatic N) is 1. The monoisotopic (exact) mass is 263 g/mol. The van der Waals surface area contributed by atoms with Crippen LogP contribution in [0.5, 0.6) is 0 Å². The Bertz CT molecular complexity index is 529. The Labute approximate surface area is 111 Å². The molecule has 1 aromatic heterocycles. The topological polar surface area (TPSA) is 22.1 Å². The average Bonchev–Trinajstić information content (AvgIpc) is 2.47. The van der Waals surface area contributed by atoms with Gasteiger partial charge in [-0.2, -0.15) is 8.78 Å². The fourth-order valence-corrected chi connectivity index (χ4v) is 1.67. The standard InChI is InChI=1S/C15H15F2NO/c1-2-15(16,17)19-11-12-5-3-6-13(9-12)14-7-4-8-18-10-14/h3-10H,2,11H2,1H3. The first kappa shape index (κ1) is 13.6. The molecule has 0 spiro atoms. The van der Waals surface area contributed by atoms with Crippen molar-refractivity contribution in [2.24, 2.45) is 0 Å². The van der Waals surface area contributed by atoms with Gasteiger partial charge in [-0.05, 0) is 28.8 Å². The van der Waals surface area contributed by atoms with Gasteiger partial charge in [0, 0.05) is 18.8 Å². The van der Waals surface area contributed by atoms with Crippen LogP contribution >= 0.6 is 0 Å². The first-order chi connectivity index (χ1) is 9.11. The number of alkyl halides is 2. The summed E-state index contributed by atoms with van der Waals surface area (Å²) in [7, 11) is 0. The summed E-state index contributed by atoms with van der Waals surface area (Å²) in [5.41, 5.74) is 2.61. The number of hydrogen-bond acceptors (Lipinski definition) is 2. The van der Waals surface area contributed by atoms with Crippen molar-refractivity contribution in [1.82, 2.24) is 4.98 Å². The molecule has 2 aromatic rings. The molecular weight excluding hydrogens is 248 g/mol. The number of ether oxygens (including phenoxy) is 1. The Kier molecular flexibility index (Phi) is 4.22. The number of pyridine rings is 1. The molecule has 0 aliphatic heterocycles. The summed E-state index contributed by atoms with van der Waals surface area (Å²) in [6.07, 6.45) is 0.0402. The normalized spacial score (nSPS) is 11.5. The van der Waals surface area contributed by atoms with E-state index in [4.69, 9.17) is 0 Å². The highest BCUT2D eigenvalue weighted by Crippen LogP contribution is 2.23. The summed E-state index contributed by atoms with van der Waals surface area (Å²) in [5.74, 6) is 0. The van der Waals surface area contributed by atoms with Crippen LogP contribution in [0.3, 0.4) is 0 Å². The van der Waals surface area contributed by atoms with E-state index in [-0.39, 0.29) is 13.0 Å². The first-order valence-electron chi connectivity index (χ1n) is 6.12. The molecule has 1 aromatic carbocycles. The zero-order valence-electron chi connectivity index (χ0n) is 10.6. The van der Waals surface area contributed by atoms with Crippen molar-refractivity contribution in [1.29, 1.82) is 0 Å². The Hall–Kier alpha value is -1.81. The second-order valence-corrected chi connectivity index (χ2v) is 4.22. The van der Waals surface area contributed by atoms with Gasteiger partial charge in [0.25, 0.3) is 0 Å². The van der Waals surface area contributed by atoms with Gasteiger partial charge >= 0.3 is 6.11 Å². The van der Waals surface area contributed by atoms with Crippen LogP contribution in [-0.2, 0) is 11.3 Å². The van der Waals surface area contributed by atoms with Crippen molar-refractivity contribution in [3.05, 3.63) is 54.4 Å². The van der Waals surface area contributed by atoms with Gasteiger partial charge in [-0.15, -0.1) is 0 Å². The summed E-state index contributed by atoms with van der Waals surface area (Å²) in [5, 5.41) is 0. The van der Waals surface area contributed by atoms with Gasteiger partial charge in [-0.3, -0.25) is 4.98 Å². The summed E-state index contributed by atoms with van der Waals surface area (Å²) >= 11 is 0. The van der Waals surface area contributed by atoms with Crippen molar-refractivity contribution in [3.8, 4) is 11.1 Å². The summed E-state index contributed by atoms with van der Waals surface area (Å²) in [4.78, 5) is 4.04. The van der Waals surface area contributed by atoms with E-state index < -0.39 is 6.11 Å². The lowest BCUT2D eigenvalue weighted by atomic mass is 10.1. The molecule has 19 heavy (non-hydrogen) atoms. The Morgan fingerprint density at radius 3 is 2.63 bits per heavy atom. The number of hydrogen-bond donors (Lipinski definition) is 0. The lowest BCUT2D eigenvalue weighted by molar-refractivity contribution is -0.246. The minimum atomic E-state index is -3.07.